The van der Waals surface area contributed by atoms with E-state index in [0.29, 0.717) is 22.8 Å². The summed E-state index contributed by atoms with van der Waals surface area (Å²) in [5.41, 5.74) is 3.99. The highest BCUT2D eigenvalue weighted by Gasteiger charge is 2.26. The third-order valence-electron chi connectivity index (χ3n) is 5.32. The van der Waals surface area contributed by atoms with E-state index in [2.05, 4.69) is 22.2 Å². The standard InChI is InChI=1S/C26H29F2N5OS/c1-15(2)30-17(4)18-11-10-16(3)19(12-18)23-20(13-29-5)25(32-26(31-23)35-6)33(14-34)24-21(27)8-7-9-22(24)28/h7-12,14-15,29-30H,4,13H2,1-3,5-6H3. The number of carbonyl (C=O) groups is 1. The molecule has 0 radical (unpaired) electrons. The van der Waals surface area contributed by atoms with Gasteiger partial charge in [-0.1, -0.05) is 36.5 Å². The van der Waals surface area contributed by atoms with E-state index in [-0.39, 0.29) is 18.4 Å². The molecule has 0 saturated carbocycles. The van der Waals surface area contributed by atoms with Crippen molar-refractivity contribution in [3.8, 4) is 11.3 Å². The van der Waals surface area contributed by atoms with Crippen LogP contribution in [-0.4, -0.2) is 35.7 Å². The molecule has 0 spiro atoms. The summed E-state index contributed by atoms with van der Waals surface area (Å²) in [7, 11) is 1.74. The maximum absolute atomic E-state index is 14.7. The Labute approximate surface area is 208 Å². The molecule has 0 bridgehead atoms. The van der Waals surface area contributed by atoms with Gasteiger partial charge in [0.05, 0.1) is 5.69 Å². The highest BCUT2D eigenvalue weighted by Crippen LogP contribution is 2.37. The van der Waals surface area contributed by atoms with Gasteiger partial charge in [0, 0.05) is 29.4 Å². The number of benzene rings is 2. The number of anilines is 2. The summed E-state index contributed by atoms with van der Waals surface area (Å²) < 4.78 is 29.4. The average Bonchev–Trinajstić information content (AvgIpc) is 2.82. The van der Waals surface area contributed by atoms with Crippen molar-refractivity contribution < 1.29 is 13.6 Å². The SMILES string of the molecule is C=C(NC(C)C)c1ccc(C)c(-c2nc(SC)nc(N(C=O)c3c(F)cccc3F)c2CNC)c1. The van der Waals surface area contributed by atoms with Crippen LogP contribution in [0.3, 0.4) is 0 Å². The van der Waals surface area contributed by atoms with Crippen LogP contribution in [0.5, 0.6) is 0 Å². The van der Waals surface area contributed by atoms with Crippen molar-refractivity contribution in [1.29, 1.82) is 0 Å². The minimum atomic E-state index is -0.868. The van der Waals surface area contributed by atoms with E-state index in [4.69, 9.17) is 4.98 Å². The van der Waals surface area contributed by atoms with Crippen molar-refractivity contribution in [2.45, 2.75) is 38.5 Å². The van der Waals surface area contributed by atoms with Crippen molar-refractivity contribution in [3.05, 3.63) is 71.3 Å². The summed E-state index contributed by atoms with van der Waals surface area (Å²) in [6.07, 6.45) is 2.17. The fourth-order valence-corrected chi connectivity index (χ4v) is 4.09. The van der Waals surface area contributed by atoms with Gasteiger partial charge in [-0.05, 0) is 63.4 Å². The highest BCUT2D eigenvalue weighted by molar-refractivity contribution is 7.98. The van der Waals surface area contributed by atoms with Crippen molar-refractivity contribution in [1.82, 2.24) is 20.6 Å². The molecule has 0 unspecified atom stereocenters. The van der Waals surface area contributed by atoms with Crippen molar-refractivity contribution in [2.75, 3.05) is 18.2 Å². The molecule has 2 N–H and O–H groups in total. The molecule has 1 amide bonds. The molecule has 0 atom stereocenters. The van der Waals surface area contributed by atoms with Crippen molar-refractivity contribution in [2.24, 2.45) is 0 Å². The van der Waals surface area contributed by atoms with Gasteiger partial charge in [0.1, 0.15) is 23.1 Å². The van der Waals surface area contributed by atoms with Crippen LogP contribution in [0.1, 0.15) is 30.5 Å². The van der Waals surface area contributed by atoms with Crippen LogP contribution in [-0.2, 0) is 11.3 Å². The van der Waals surface area contributed by atoms with Crippen LogP contribution in [0, 0.1) is 18.6 Å². The van der Waals surface area contributed by atoms with Gasteiger partial charge in [-0.2, -0.15) is 0 Å². The Hall–Kier alpha value is -3.30. The van der Waals surface area contributed by atoms with E-state index >= 15 is 0 Å². The fourth-order valence-electron chi connectivity index (χ4n) is 3.73. The third-order valence-corrected chi connectivity index (χ3v) is 5.86. The van der Waals surface area contributed by atoms with Gasteiger partial charge < -0.3 is 10.6 Å². The molecule has 6 nitrogen and oxygen atoms in total. The number of carbonyl (C=O) groups excluding carboxylic acids is 1. The largest absolute Gasteiger partial charge is 0.383 e. The molecule has 184 valence electrons. The lowest BCUT2D eigenvalue weighted by Gasteiger charge is -2.24. The number of aryl methyl sites for hydroxylation is 1. The van der Waals surface area contributed by atoms with Crippen molar-refractivity contribution >= 4 is 35.4 Å². The smallest absolute Gasteiger partial charge is 0.220 e. The number of nitrogens with zero attached hydrogens (tertiary/aromatic N) is 3. The third kappa shape index (κ3) is 5.68. The zero-order chi connectivity index (χ0) is 25.7. The Kier molecular flexibility index (Phi) is 8.58. The van der Waals surface area contributed by atoms with E-state index in [9.17, 15) is 13.6 Å². The molecule has 0 fully saturated rings. The first-order valence-electron chi connectivity index (χ1n) is 11.1. The normalized spacial score (nSPS) is 11.0. The number of nitrogens with one attached hydrogen (secondary N) is 2. The number of amides is 1. The Bertz CT molecular complexity index is 1230. The van der Waals surface area contributed by atoms with Crippen LogP contribution >= 0.6 is 11.8 Å². The summed E-state index contributed by atoms with van der Waals surface area (Å²) >= 11 is 1.27. The molecule has 3 aromatic rings. The van der Waals surface area contributed by atoms with Gasteiger partial charge in [-0.3, -0.25) is 9.69 Å². The van der Waals surface area contributed by atoms with Crippen LogP contribution in [0.4, 0.5) is 20.3 Å². The van der Waals surface area contributed by atoms with Crippen molar-refractivity contribution in [3.63, 3.8) is 0 Å². The molecular formula is C26H29F2N5OS. The number of aromatic nitrogens is 2. The molecule has 0 aliphatic rings. The van der Waals surface area contributed by atoms with Gasteiger partial charge in [-0.25, -0.2) is 18.7 Å². The van der Waals surface area contributed by atoms with Crippen LogP contribution < -0.4 is 15.5 Å². The van der Waals surface area contributed by atoms with Crippen LogP contribution in [0.15, 0.2) is 48.1 Å². The van der Waals surface area contributed by atoms with E-state index in [1.807, 2.05) is 39.0 Å². The number of halogens is 2. The predicted molar refractivity (Wildman–Crippen MR) is 139 cm³/mol. The molecule has 9 heteroatoms. The second-order valence-electron chi connectivity index (χ2n) is 8.24. The fraction of sp³-hybridized carbons (Fsp3) is 0.269. The van der Waals surface area contributed by atoms with Crippen LogP contribution in [0.2, 0.25) is 0 Å². The van der Waals surface area contributed by atoms with Gasteiger partial charge in [0.2, 0.25) is 6.41 Å². The maximum Gasteiger partial charge on any atom is 0.220 e. The molecular weight excluding hydrogens is 468 g/mol. The number of hydrogen-bond acceptors (Lipinski definition) is 6. The first kappa shape index (κ1) is 26.3. The second kappa shape index (κ2) is 11.4. The van der Waals surface area contributed by atoms with Gasteiger partial charge in [-0.15, -0.1) is 0 Å². The maximum atomic E-state index is 14.7. The summed E-state index contributed by atoms with van der Waals surface area (Å²) in [5, 5.41) is 6.74. The summed E-state index contributed by atoms with van der Waals surface area (Å²) in [6.45, 7) is 10.4. The molecule has 0 aliphatic heterocycles. The molecule has 1 aromatic heterocycles. The zero-order valence-corrected chi connectivity index (χ0v) is 21.3. The molecule has 2 aromatic carbocycles. The Morgan fingerprint density at radius 1 is 1.20 bits per heavy atom. The Balaban J connectivity index is 2.31. The number of hydrogen-bond donors (Lipinski definition) is 2. The monoisotopic (exact) mass is 497 g/mol. The quantitative estimate of drug-likeness (QED) is 0.221. The van der Waals surface area contributed by atoms with Gasteiger partial charge in [0.15, 0.2) is 5.16 Å². The average molecular weight is 498 g/mol. The predicted octanol–water partition coefficient (Wildman–Crippen LogP) is 5.43. The summed E-state index contributed by atoms with van der Waals surface area (Å²) in [6, 6.07) is 9.57. The molecule has 0 saturated heterocycles. The second-order valence-corrected chi connectivity index (χ2v) is 9.02. The van der Waals surface area contributed by atoms with Gasteiger partial charge in [0.25, 0.3) is 0 Å². The molecule has 3 rings (SSSR count). The minimum Gasteiger partial charge on any atom is -0.383 e. The van der Waals surface area contributed by atoms with E-state index in [1.54, 1.807) is 13.3 Å². The lowest BCUT2D eigenvalue weighted by molar-refractivity contribution is -0.106. The Morgan fingerprint density at radius 3 is 2.46 bits per heavy atom. The van der Waals surface area contributed by atoms with Gasteiger partial charge >= 0.3 is 0 Å². The first-order valence-corrected chi connectivity index (χ1v) is 12.3. The number of thioether (sulfide) groups is 1. The zero-order valence-electron chi connectivity index (χ0n) is 20.4. The number of para-hydroxylation sites is 1. The number of rotatable bonds is 10. The molecule has 0 aliphatic carbocycles. The lowest BCUT2D eigenvalue weighted by atomic mass is 9.97. The Morgan fingerprint density at radius 2 is 1.89 bits per heavy atom. The van der Waals surface area contributed by atoms with E-state index in [1.165, 1.54) is 17.8 Å². The highest BCUT2D eigenvalue weighted by atomic mass is 32.2. The lowest BCUT2D eigenvalue weighted by Crippen LogP contribution is -2.23. The molecule has 35 heavy (non-hydrogen) atoms. The van der Waals surface area contributed by atoms with Crippen LogP contribution in [0.25, 0.3) is 17.0 Å². The van der Waals surface area contributed by atoms with E-state index < -0.39 is 17.3 Å². The summed E-state index contributed by atoms with van der Waals surface area (Å²) in [4.78, 5) is 22.4. The first-order chi connectivity index (χ1) is 16.7. The van der Waals surface area contributed by atoms with E-state index in [0.717, 1.165) is 39.4 Å². The topological polar surface area (TPSA) is 70.2 Å². The summed E-state index contributed by atoms with van der Waals surface area (Å²) in [5.74, 6) is -1.63. The minimum absolute atomic E-state index is 0.108. The molecule has 1 heterocycles.